The van der Waals surface area contributed by atoms with E-state index in [1.807, 2.05) is 17.0 Å². The number of nitrogens with zero attached hydrogens (tertiary/aromatic N) is 2. The number of likely N-dealkylation sites (tertiary alicyclic amines) is 1. The van der Waals surface area contributed by atoms with Gasteiger partial charge >= 0.3 is 0 Å². The summed E-state index contributed by atoms with van der Waals surface area (Å²) in [6.45, 7) is 3.55. The summed E-state index contributed by atoms with van der Waals surface area (Å²) in [6.07, 6.45) is 6.87. The van der Waals surface area contributed by atoms with Crippen molar-refractivity contribution in [3.63, 3.8) is 0 Å². The molecule has 0 N–H and O–H groups in total. The Morgan fingerprint density at radius 2 is 2.20 bits per heavy atom. The molecule has 25 heavy (non-hydrogen) atoms. The first-order valence-corrected chi connectivity index (χ1v) is 9.15. The Morgan fingerprint density at radius 1 is 1.36 bits per heavy atom. The van der Waals surface area contributed by atoms with Crippen molar-refractivity contribution in [2.24, 2.45) is 5.92 Å². The van der Waals surface area contributed by atoms with Crippen molar-refractivity contribution < 1.29 is 13.7 Å². The second kappa shape index (κ2) is 8.28. The van der Waals surface area contributed by atoms with Gasteiger partial charge in [0.2, 0.25) is 0 Å². The zero-order valence-electron chi connectivity index (χ0n) is 14.7. The molecule has 1 aliphatic heterocycles. The Morgan fingerprint density at radius 3 is 3.00 bits per heavy atom. The summed E-state index contributed by atoms with van der Waals surface area (Å²) in [5.74, 6) is 0.966. The quantitative estimate of drug-likeness (QED) is 0.787. The van der Waals surface area contributed by atoms with Crippen LogP contribution < -0.4 is 0 Å². The predicted octanol–water partition coefficient (Wildman–Crippen LogP) is 4.25. The molecule has 1 aliphatic rings. The average molecular weight is 344 g/mol. The Balaban J connectivity index is 1.60. The minimum Gasteiger partial charge on any atom is -0.361 e. The zero-order chi connectivity index (χ0) is 17.6. The van der Waals surface area contributed by atoms with E-state index in [-0.39, 0.29) is 11.7 Å². The molecule has 1 fully saturated rings. The third kappa shape index (κ3) is 4.27. The van der Waals surface area contributed by atoms with Gasteiger partial charge in [-0.25, -0.2) is 4.39 Å². The molecular formula is C20H25FN2O2. The molecule has 0 spiro atoms. The minimum absolute atomic E-state index is 0.0142. The summed E-state index contributed by atoms with van der Waals surface area (Å²) in [6, 6.07) is 6.94. The highest BCUT2D eigenvalue weighted by atomic mass is 19.1. The van der Waals surface area contributed by atoms with Gasteiger partial charge in [0.25, 0.3) is 5.91 Å². The molecule has 0 aliphatic carbocycles. The molecule has 1 amide bonds. The normalized spacial score (nSPS) is 17.7. The van der Waals surface area contributed by atoms with Gasteiger partial charge in [-0.05, 0) is 49.7 Å². The number of piperidine rings is 1. The highest BCUT2D eigenvalue weighted by Gasteiger charge is 2.27. The van der Waals surface area contributed by atoms with Crippen molar-refractivity contribution in [1.82, 2.24) is 10.1 Å². The Bertz CT molecular complexity index is 713. The molecule has 0 radical (unpaired) electrons. The number of benzene rings is 1. The van der Waals surface area contributed by atoms with Crippen molar-refractivity contribution in [2.75, 3.05) is 13.1 Å². The van der Waals surface area contributed by atoms with Gasteiger partial charge in [-0.15, -0.1) is 0 Å². The van der Waals surface area contributed by atoms with Crippen molar-refractivity contribution in [3.05, 3.63) is 53.2 Å². The van der Waals surface area contributed by atoms with E-state index in [0.29, 0.717) is 23.7 Å². The maximum Gasteiger partial charge on any atom is 0.259 e. The lowest BCUT2D eigenvalue weighted by atomic mass is 9.91. The molecule has 1 aromatic carbocycles. The van der Waals surface area contributed by atoms with E-state index < -0.39 is 0 Å². The van der Waals surface area contributed by atoms with Gasteiger partial charge < -0.3 is 9.42 Å². The van der Waals surface area contributed by atoms with Crippen molar-refractivity contribution >= 4 is 5.91 Å². The molecule has 2 heterocycles. The number of hydrogen-bond donors (Lipinski definition) is 0. The van der Waals surface area contributed by atoms with E-state index in [9.17, 15) is 9.18 Å². The number of hydrogen-bond acceptors (Lipinski definition) is 3. The van der Waals surface area contributed by atoms with Gasteiger partial charge in [0.1, 0.15) is 17.1 Å². The minimum atomic E-state index is -0.139. The van der Waals surface area contributed by atoms with E-state index in [1.54, 1.807) is 6.07 Å². The van der Waals surface area contributed by atoms with Crippen LogP contribution in [0.2, 0.25) is 0 Å². The standard InChI is InChI=1S/C20H25FN2O2/c1-2-6-19-17(13-22-25-19)20(24)23-12-5-7-15(14-23)10-11-16-8-3-4-9-18(16)21/h3-4,8-9,13,15H,2,5-7,10-12,14H2,1H3/t15-/m1/s1. The number of halogens is 1. The average Bonchev–Trinajstić information content (AvgIpc) is 3.09. The van der Waals surface area contributed by atoms with E-state index in [1.165, 1.54) is 12.3 Å². The number of amides is 1. The van der Waals surface area contributed by atoms with Gasteiger partial charge in [-0.2, -0.15) is 0 Å². The Hall–Kier alpha value is -2.17. The topological polar surface area (TPSA) is 46.3 Å². The molecule has 1 saturated heterocycles. The summed E-state index contributed by atoms with van der Waals surface area (Å²) in [5.41, 5.74) is 1.35. The van der Waals surface area contributed by atoms with E-state index in [4.69, 9.17) is 4.52 Å². The first kappa shape index (κ1) is 17.6. The first-order valence-electron chi connectivity index (χ1n) is 9.15. The maximum absolute atomic E-state index is 13.8. The van der Waals surface area contributed by atoms with Crippen molar-refractivity contribution in [3.8, 4) is 0 Å². The predicted molar refractivity (Wildman–Crippen MR) is 93.8 cm³/mol. The first-order chi connectivity index (χ1) is 12.2. The third-order valence-corrected chi connectivity index (χ3v) is 4.94. The summed E-state index contributed by atoms with van der Waals surface area (Å²) in [4.78, 5) is 14.7. The summed E-state index contributed by atoms with van der Waals surface area (Å²) in [5, 5.41) is 3.80. The highest BCUT2D eigenvalue weighted by Crippen LogP contribution is 2.24. The van der Waals surface area contributed by atoms with Crippen LogP contribution in [0.25, 0.3) is 0 Å². The van der Waals surface area contributed by atoms with Gasteiger partial charge in [0.15, 0.2) is 0 Å². The van der Waals surface area contributed by atoms with E-state index >= 15 is 0 Å². The Labute approximate surface area is 148 Å². The molecule has 0 unspecified atom stereocenters. The Kier molecular flexibility index (Phi) is 5.84. The van der Waals surface area contributed by atoms with Gasteiger partial charge in [-0.1, -0.05) is 30.3 Å². The van der Waals surface area contributed by atoms with Crippen LogP contribution in [0.1, 0.15) is 54.3 Å². The van der Waals surface area contributed by atoms with Gasteiger partial charge in [0.05, 0.1) is 6.20 Å². The summed E-state index contributed by atoms with van der Waals surface area (Å²) in [7, 11) is 0. The van der Waals surface area contributed by atoms with Crippen LogP contribution >= 0.6 is 0 Å². The summed E-state index contributed by atoms with van der Waals surface area (Å²) < 4.78 is 19.0. The van der Waals surface area contributed by atoms with E-state index in [0.717, 1.165) is 50.8 Å². The molecular weight excluding hydrogens is 319 g/mol. The fraction of sp³-hybridized carbons (Fsp3) is 0.500. The molecule has 1 aromatic heterocycles. The molecule has 2 aromatic rings. The number of aromatic nitrogens is 1. The van der Waals surface area contributed by atoms with Crippen LogP contribution in [0.5, 0.6) is 0 Å². The highest BCUT2D eigenvalue weighted by molar-refractivity contribution is 5.94. The summed E-state index contributed by atoms with van der Waals surface area (Å²) >= 11 is 0. The van der Waals surface area contributed by atoms with Crippen LogP contribution in [0.15, 0.2) is 35.0 Å². The third-order valence-electron chi connectivity index (χ3n) is 4.94. The van der Waals surface area contributed by atoms with Gasteiger partial charge in [0, 0.05) is 19.5 Å². The molecule has 3 rings (SSSR count). The molecule has 134 valence electrons. The van der Waals surface area contributed by atoms with Crippen LogP contribution in [0.4, 0.5) is 4.39 Å². The smallest absolute Gasteiger partial charge is 0.259 e. The molecule has 4 nitrogen and oxygen atoms in total. The number of rotatable bonds is 6. The largest absolute Gasteiger partial charge is 0.361 e. The number of carbonyl (C=O) groups is 1. The lowest BCUT2D eigenvalue weighted by molar-refractivity contribution is 0.0666. The van der Waals surface area contributed by atoms with Crippen molar-refractivity contribution in [2.45, 2.75) is 45.4 Å². The SMILES string of the molecule is CCCc1oncc1C(=O)N1CCC[C@H](CCc2ccccc2F)C1. The molecule has 5 heteroatoms. The second-order valence-electron chi connectivity index (χ2n) is 6.80. The molecule has 0 saturated carbocycles. The van der Waals surface area contributed by atoms with Gasteiger partial charge in [-0.3, -0.25) is 4.79 Å². The lowest BCUT2D eigenvalue weighted by Crippen LogP contribution is -2.40. The van der Waals surface area contributed by atoms with Crippen LogP contribution in [-0.4, -0.2) is 29.1 Å². The zero-order valence-corrected chi connectivity index (χ0v) is 14.7. The second-order valence-corrected chi connectivity index (χ2v) is 6.80. The maximum atomic E-state index is 13.8. The van der Waals surface area contributed by atoms with Crippen LogP contribution in [0, 0.1) is 11.7 Å². The molecule has 1 atom stereocenters. The fourth-order valence-corrected chi connectivity index (χ4v) is 3.56. The number of carbonyl (C=O) groups excluding carboxylic acids is 1. The fourth-order valence-electron chi connectivity index (χ4n) is 3.56. The molecule has 0 bridgehead atoms. The monoisotopic (exact) mass is 344 g/mol. The van der Waals surface area contributed by atoms with Crippen molar-refractivity contribution in [1.29, 1.82) is 0 Å². The van der Waals surface area contributed by atoms with E-state index in [2.05, 4.69) is 12.1 Å². The lowest BCUT2D eigenvalue weighted by Gasteiger charge is -2.32. The number of aryl methyl sites for hydroxylation is 2. The van der Waals surface area contributed by atoms with Crippen LogP contribution in [-0.2, 0) is 12.8 Å². The van der Waals surface area contributed by atoms with Crippen LogP contribution in [0.3, 0.4) is 0 Å².